The third-order valence-electron chi connectivity index (χ3n) is 7.79. The summed E-state index contributed by atoms with van der Waals surface area (Å²) in [7, 11) is 2.05. The molecule has 212 valence electrons. The smallest absolute Gasteiger partial charge is 0.246 e. The Bertz CT molecular complexity index is 1830. The van der Waals surface area contributed by atoms with Crippen molar-refractivity contribution in [3.05, 3.63) is 88.8 Å². The molecule has 42 heavy (non-hydrogen) atoms. The van der Waals surface area contributed by atoms with Crippen LogP contribution in [0.5, 0.6) is 0 Å². The van der Waals surface area contributed by atoms with Crippen molar-refractivity contribution in [2.75, 3.05) is 25.5 Å². The van der Waals surface area contributed by atoms with Crippen LogP contribution in [-0.2, 0) is 24.3 Å². The third kappa shape index (κ3) is 5.49. The monoisotopic (exact) mass is 576 g/mol. The number of likely N-dealkylation sites (N-methyl/N-ethyl adjacent to an activating group) is 1. The van der Waals surface area contributed by atoms with E-state index < -0.39 is 0 Å². The number of carbonyl (C=O) groups is 1. The van der Waals surface area contributed by atoms with Gasteiger partial charge in [-0.1, -0.05) is 12.1 Å². The van der Waals surface area contributed by atoms with Crippen molar-refractivity contribution >= 4 is 49.7 Å². The van der Waals surface area contributed by atoms with E-state index in [1.54, 1.807) is 29.8 Å². The molecule has 1 N–H and O–H groups in total. The van der Waals surface area contributed by atoms with E-state index in [-0.39, 0.29) is 5.91 Å². The van der Waals surface area contributed by atoms with Crippen LogP contribution in [-0.4, -0.2) is 61.6 Å². The molecule has 1 aliphatic heterocycles. The minimum Gasteiger partial charge on any atom is -0.354 e. The Hall–Kier alpha value is -4.59. The number of nitrogens with zero attached hydrogens (tertiary/aromatic N) is 7. The summed E-state index contributed by atoms with van der Waals surface area (Å²) in [5.41, 5.74) is 5.24. The summed E-state index contributed by atoms with van der Waals surface area (Å²) in [4.78, 5) is 28.0. The number of benzene rings is 1. The summed E-state index contributed by atoms with van der Waals surface area (Å²) in [6.07, 6.45) is 9.60. The van der Waals surface area contributed by atoms with Gasteiger partial charge in [0.25, 0.3) is 0 Å². The summed E-state index contributed by atoms with van der Waals surface area (Å²) in [5.74, 6) is 0.0242. The molecule has 0 spiro atoms. The summed E-state index contributed by atoms with van der Waals surface area (Å²) in [6.45, 7) is 6.76. The van der Waals surface area contributed by atoms with Gasteiger partial charge in [0.05, 0.1) is 41.7 Å². The highest BCUT2D eigenvalue weighted by molar-refractivity contribution is 7.19. The van der Waals surface area contributed by atoms with Crippen molar-refractivity contribution in [3.8, 4) is 6.07 Å². The first-order valence-electron chi connectivity index (χ1n) is 14.0. The first kappa shape index (κ1) is 27.6. The van der Waals surface area contributed by atoms with Crippen LogP contribution in [0.1, 0.15) is 35.5 Å². The lowest BCUT2D eigenvalue weighted by Crippen LogP contribution is -2.34. The number of rotatable bonds is 8. The Morgan fingerprint density at radius 3 is 2.90 bits per heavy atom. The van der Waals surface area contributed by atoms with Crippen LogP contribution < -0.4 is 5.32 Å². The maximum absolute atomic E-state index is 12.9. The van der Waals surface area contributed by atoms with E-state index in [9.17, 15) is 10.1 Å². The van der Waals surface area contributed by atoms with Gasteiger partial charge >= 0.3 is 0 Å². The predicted octanol–water partition coefficient (Wildman–Crippen LogP) is 5.49. The van der Waals surface area contributed by atoms with Crippen LogP contribution in [0.25, 0.3) is 21.1 Å². The highest BCUT2D eigenvalue weighted by atomic mass is 32.1. The van der Waals surface area contributed by atoms with Crippen molar-refractivity contribution in [2.24, 2.45) is 0 Å². The lowest BCUT2D eigenvalue weighted by atomic mass is 10.0. The van der Waals surface area contributed by atoms with Gasteiger partial charge in [-0.2, -0.15) is 10.4 Å². The molecule has 0 radical (unpaired) electrons. The SMILES string of the molecule is CC(C)N(C)CC=CC(=O)N1CCc2c(sc3ncc(C#N)c(Nc4ccc5c(cnn5Cc5ccccn5)c4)c23)C1. The van der Waals surface area contributed by atoms with Crippen LogP contribution in [0.2, 0.25) is 0 Å². The molecule has 6 rings (SSSR count). The molecule has 9 nitrogen and oxygen atoms in total. The molecule has 1 amide bonds. The Balaban J connectivity index is 1.25. The second-order valence-electron chi connectivity index (χ2n) is 10.8. The Morgan fingerprint density at radius 2 is 2.12 bits per heavy atom. The number of anilines is 2. The van der Waals surface area contributed by atoms with Gasteiger partial charge in [0.2, 0.25) is 5.91 Å². The van der Waals surface area contributed by atoms with Crippen molar-refractivity contribution < 1.29 is 4.79 Å². The molecule has 4 aromatic heterocycles. The van der Waals surface area contributed by atoms with E-state index >= 15 is 0 Å². The molecular weight excluding hydrogens is 544 g/mol. The van der Waals surface area contributed by atoms with Gasteiger partial charge in [0, 0.05) is 58.9 Å². The fraction of sp³-hybridized carbons (Fsp3) is 0.281. The molecule has 0 saturated carbocycles. The van der Waals surface area contributed by atoms with Gasteiger partial charge in [-0.15, -0.1) is 11.3 Å². The van der Waals surface area contributed by atoms with E-state index in [4.69, 9.17) is 0 Å². The maximum Gasteiger partial charge on any atom is 0.246 e. The molecule has 1 aromatic carbocycles. The molecule has 0 unspecified atom stereocenters. The Kier molecular flexibility index (Phi) is 7.69. The van der Waals surface area contributed by atoms with Gasteiger partial charge in [-0.3, -0.25) is 14.5 Å². The number of aromatic nitrogens is 4. The first-order chi connectivity index (χ1) is 20.4. The first-order valence-corrected chi connectivity index (χ1v) is 14.8. The lowest BCUT2D eigenvalue weighted by molar-refractivity contribution is -0.126. The zero-order valence-electron chi connectivity index (χ0n) is 23.9. The number of carbonyl (C=O) groups excluding carboxylic acids is 1. The normalized spacial score (nSPS) is 13.4. The van der Waals surface area contributed by atoms with Gasteiger partial charge in [0.1, 0.15) is 10.9 Å². The minimum absolute atomic E-state index is 0.0242. The number of hydrogen-bond donors (Lipinski definition) is 1. The number of thiophene rings is 1. The van der Waals surface area contributed by atoms with Crippen LogP contribution in [0, 0.1) is 11.3 Å². The zero-order valence-corrected chi connectivity index (χ0v) is 24.7. The van der Waals surface area contributed by atoms with E-state index in [1.165, 1.54) is 5.56 Å². The van der Waals surface area contributed by atoms with Crippen molar-refractivity contribution in [1.82, 2.24) is 29.5 Å². The molecule has 10 heteroatoms. The van der Waals surface area contributed by atoms with Crippen molar-refractivity contribution in [2.45, 2.75) is 39.4 Å². The number of nitriles is 1. The topological polar surface area (TPSA) is 103 Å². The predicted molar refractivity (Wildman–Crippen MR) is 167 cm³/mol. The standard InChI is InChI=1S/C32H32N8OS/c1-21(2)38(3)13-6-8-29(41)39-14-11-26-28(20-39)42-32-30(26)31(23(16-33)17-35-32)37-24-9-10-27-22(15-24)18-36-40(27)19-25-7-4-5-12-34-25/h4-10,12,15,17-18,21H,11,13-14,19-20H2,1-3H3,(H,35,37). The largest absolute Gasteiger partial charge is 0.354 e. The Labute approximate surface area is 248 Å². The number of nitrogens with one attached hydrogen (secondary N) is 1. The molecule has 0 saturated heterocycles. The van der Waals surface area contributed by atoms with E-state index in [0.717, 1.165) is 49.6 Å². The summed E-state index contributed by atoms with van der Waals surface area (Å²) in [6, 6.07) is 14.7. The molecule has 5 heterocycles. The number of pyridine rings is 2. The molecule has 0 bridgehead atoms. The Morgan fingerprint density at radius 1 is 1.24 bits per heavy atom. The van der Waals surface area contributed by atoms with Gasteiger partial charge in [-0.05, 0) is 63.2 Å². The van der Waals surface area contributed by atoms with Gasteiger partial charge < -0.3 is 15.1 Å². The summed E-state index contributed by atoms with van der Waals surface area (Å²) >= 11 is 1.60. The quantitative estimate of drug-likeness (QED) is 0.244. The third-order valence-corrected chi connectivity index (χ3v) is 8.91. The maximum atomic E-state index is 12.9. The fourth-order valence-corrected chi connectivity index (χ4v) is 6.39. The van der Waals surface area contributed by atoms with Gasteiger partial charge in [0.15, 0.2) is 0 Å². The fourth-order valence-electron chi connectivity index (χ4n) is 5.18. The second-order valence-corrected chi connectivity index (χ2v) is 11.9. The van der Waals surface area contributed by atoms with E-state index in [2.05, 4.69) is 45.2 Å². The van der Waals surface area contributed by atoms with Gasteiger partial charge in [-0.25, -0.2) is 4.98 Å². The van der Waals surface area contributed by atoms with Crippen LogP contribution >= 0.6 is 11.3 Å². The highest BCUT2D eigenvalue weighted by Gasteiger charge is 2.26. The minimum atomic E-state index is 0.0242. The molecule has 0 fully saturated rings. The van der Waals surface area contributed by atoms with Crippen molar-refractivity contribution in [3.63, 3.8) is 0 Å². The van der Waals surface area contributed by atoms with Crippen molar-refractivity contribution in [1.29, 1.82) is 5.26 Å². The number of fused-ring (bicyclic) bond motifs is 4. The average molecular weight is 577 g/mol. The number of hydrogen-bond acceptors (Lipinski definition) is 8. The molecule has 1 aliphatic rings. The van der Waals surface area contributed by atoms with Crippen LogP contribution in [0.4, 0.5) is 11.4 Å². The van der Waals surface area contributed by atoms with E-state index in [1.807, 2.05) is 65.3 Å². The van der Waals surface area contributed by atoms with E-state index in [0.29, 0.717) is 37.7 Å². The average Bonchev–Trinajstić information content (AvgIpc) is 3.58. The van der Waals surface area contributed by atoms with Crippen LogP contribution in [0.3, 0.4) is 0 Å². The molecule has 0 atom stereocenters. The summed E-state index contributed by atoms with van der Waals surface area (Å²) in [5, 5.41) is 20.1. The highest BCUT2D eigenvalue weighted by Crippen LogP contribution is 2.41. The molecule has 0 aliphatic carbocycles. The number of amides is 1. The van der Waals surface area contributed by atoms with Crippen LogP contribution in [0.15, 0.2) is 67.1 Å². The lowest BCUT2D eigenvalue weighted by Gasteiger charge is -2.26. The zero-order chi connectivity index (χ0) is 29.2. The molecular formula is C32H32N8OS. The second kappa shape index (κ2) is 11.7. The molecule has 5 aromatic rings. The summed E-state index contributed by atoms with van der Waals surface area (Å²) < 4.78 is 1.94.